The number of nitrogens with zero attached hydrogens (tertiary/aromatic N) is 5. The second kappa shape index (κ2) is 9.50. The van der Waals surface area contributed by atoms with Crippen molar-refractivity contribution in [2.45, 2.75) is 19.8 Å². The summed E-state index contributed by atoms with van der Waals surface area (Å²) < 4.78 is 16.1. The number of piperazine rings is 1. The molecular weight excluding hydrogens is 410 g/mol. The maximum atomic E-state index is 13.2. The van der Waals surface area contributed by atoms with Gasteiger partial charge in [-0.3, -0.25) is 4.79 Å². The molecule has 9 nitrogen and oxygen atoms in total. The monoisotopic (exact) mass is 441 g/mol. The van der Waals surface area contributed by atoms with E-state index < -0.39 is 0 Å². The van der Waals surface area contributed by atoms with E-state index in [9.17, 15) is 4.79 Å². The Morgan fingerprint density at radius 2 is 1.44 bits per heavy atom. The summed E-state index contributed by atoms with van der Waals surface area (Å²) >= 11 is 0. The zero-order chi connectivity index (χ0) is 22.7. The minimum Gasteiger partial charge on any atom is -0.493 e. The van der Waals surface area contributed by atoms with Gasteiger partial charge in [0.1, 0.15) is 5.82 Å². The second-order valence-electron chi connectivity index (χ2n) is 8.05. The fraction of sp³-hybridized carbons (Fsp3) is 0.522. The van der Waals surface area contributed by atoms with Gasteiger partial charge in [0.05, 0.1) is 21.3 Å². The third kappa shape index (κ3) is 4.37. The van der Waals surface area contributed by atoms with Crippen LogP contribution in [-0.2, 0) is 0 Å². The zero-order valence-corrected chi connectivity index (χ0v) is 19.3. The third-order valence-corrected chi connectivity index (χ3v) is 6.02. The van der Waals surface area contributed by atoms with E-state index in [1.54, 1.807) is 33.5 Å². The topological polar surface area (TPSA) is 80.3 Å². The fourth-order valence-corrected chi connectivity index (χ4v) is 4.28. The highest BCUT2D eigenvalue weighted by Gasteiger charge is 2.26. The van der Waals surface area contributed by atoms with Crippen molar-refractivity contribution >= 4 is 17.7 Å². The average Bonchev–Trinajstić information content (AvgIpc) is 3.37. The molecular formula is C23H31N5O4. The predicted molar refractivity (Wildman–Crippen MR) is 122 cm³/mol. The first kappa shape index (κ1) is 22.0. The Morgan fingerprint density at radius 1 is 0.812 bits per heavy atom. The van der Waals surface area contributed by atoms with E-state index in [1.165, 1.54) is 12.8 Å². The number of carbonyl (C=O) groups excluding carboxylic acids is 1. The zero-order valence-electron chi connectivity index (χ0n) is 19.3. The number of aromatic nitrogens is 2. The van der Waals surface area contributed by atoms with E-state index in [0.717, 1.165) is 30.5 Å². The van der Waals surface area contributed by atoms with Gasteiger partial charge in [0.2, 0.25) is 11.7 Å². The minimum atomic E-state index is -0.0631. The SMILES string of the molecule is COc1cc(C(=O)N2CCN(c3nc(C)cc(N4CCCC4)n3)CC2)cc(OC)c1OC. The molecule has 2 fully saturated rings. The number of hydrogen-bond donors (Lipinski definition) is 0. The van der Waals surface area contributed by atoms with E-state index in [1.807, 2.05) is 11.8 Å². The van der Waals surface area contributed by atoms with E-state index in [0.29, 0.717) is 49.0 Å². The van der Waals surface area contributed by atoms with Crippen LogP contribution in [0.25, 0.3) is 0 Å². The summed E-state index contributed by atoms with van der Waals surface area (Å²) in [6, 6.07) is 5.45. The summed E-state index contributed by atoms with van der Waals surface area (Å²) in [5.74, 6) is 3.09. The summed E-state index contributed by atoms with van der Waals surface area (Å²) in [6.07, 6.45) is 2.42. The predicted octanol–water partition coefficient (Wildman–Crippen LogP) is 2.37. The Hall–Kier alpha value is -3.23. The number of aryl methyl sites for hydroxylation is 1. The quantitative estimate of drug-likeness (QED) is 0.676. The lowest BCUT2D eigenvalue weighted by molar-refractivity contribution is 0.0745. The molecule has 3 heterocycles. The van der Waals surface area contributed by atoms with Crippen LogP contribution in [0.2, 0.25) is 0 Å². The summed E-state index contributed by atoms with van der Waals surface area (Å²) in [5, 5.41) is 0. The smallest absolute Gasteiger partial charge is 0.254 e. The molecule has 1 aromatic heterocycles. The van der Waals surface area contributed by atoms with Crippen molar-refractivity contribution in [3.8, 4) is 17.2 Å². The van der Waals surface area contributed by atoms with Gasteiger partial charge in [0, 0.05) is 56.6 Å². The lowest BCUT2D eigenvalue weighted by Gasteiger charge is -2.35. The molecule has 0 spiro atoms. The van der Waals surface area contributed by atoms with Gasteiger partial charge in [0.15, 0.2) is 11.5 Å². The van der Waals surface area contributed by atoms with Crippen molar-refractivity contribution in [2.24, 2.45) is 0 Å². The molecule has 2 aromatic rings. The first-order valence-corrected chi connectivity index (χ1v) is 11.0. The molecule has 1 aromatic carbocycles. The Kier molecular flexibility index (Phi) is 6.53. The molecule has 2 aliphatic rings. The average molecular weight is 442 g/mol. The molecule has 0 aliphatic carbocycles. The Labute approximate surface area is 188 Å². The lowest BCUT2D eigenvalue weighted by Crippen LogP contribution is -2.49. The number of anilines is 2. The fourth-order valence-electron chi connectivity index (χ4n) is 4.28. The van der Waals surface area contributed by atoms with Crippen LogP contribution in [0.4, 0.5) is 11.8 Å². The van der Waals surface area contributed by atoms with Crippen LogP contribution < -0.4 is 24.0 Å². The maximum absolute atomic E-state index is 13.2. The summed E-state index contributed by atoms with van der Waals surface area (Å²) in [7, 11) is 4.63. The van der Waals surface area contributed by atoms with E-state index in [-0.39, 0.29) is 5.91 Å². The number of rotatable bonds is 6. The Morgan fingerprint density at radius 3 is 2.00 bits per heavy atom. The summed E-state index contributed by atoms with van der Waals surface area (Å²) in [6.45, 7) is 6.64. The van der Waals surface area contributed by atoms with Crippen LogP contribution >= 0.6 is 0 Å². The second-order valence-corrected chi connectivity index (χ2v) is 8.05. The molecule has 4 rings (SSSR count). The van der Waals surface area contributed by atoms with Gasteiger partial charge in [-0.05, 0) is 31.9 Å². The highest BCUT2D eigenvalue weighted by atomic mass is 16.5. The first-order chi connectivity index (χ1) is 15.5. The molecule has 0 atom stereocenters. The van der Waals surface area contributed by atoms with E-state index in [2.05, 4.69) is 20.9 Å². The number of amides is 1. The van der Waals surface area contributed by atoms with E-state index >= 15 is 0 Å². The molecule has 0 radical (unpaired) electrons. The number of methoxy groups -OCH3 is 3. The van der Waals surface area contributed by atoms with Crippen LogP contribution in [0.15, 0.2) is 18.2 Å². The van der Waals surface area contributed by atoms with Crippen molar-refractivity contribution in [3.05, 3.63) is 29.5 Å². The van der Waals surface area contributed by atoms with Gasteiger partial charge in [0.25, 0.3) is 5.91 Å². The standard InChI is InChI=1S/C23H31N5O4/c1-16-13-20(26-7-5-6-8-26)25-23(24-16)28-11-9-27(10-12-28)22(29)17-14-18(30-2)21(32-4)19(15-17)31-3/h13-15H,5-12H2,1-4H3. The first-order valence-electron chi connectivity index (χ1n) is 11.0. The van der Waals surface area contributed by atoms with Crippen molar-refractivity contribution in [1.82, 2.24) is 14.9 Å². The molecule has 9 heteroatoms. The molecule has 2 aliphatic heterocycles. The number of ether oxygens (including phenoxy) is 3. The van der Waals surface area contributed by atoms with Crippen LogP contribution in [-0.4, -0.2) is 81.4 Å². The van der Waals surface area contributed by atoms with Gasteiger partial charge in [-0.2, -0.15) is 4.98 Å². The molecule has 32 heavy (non-hydrogen) atoms. The molecule has 0 unspecified atom stereocenters. The summed E-state index contributed by atoms with van der Waals surface area (Å²) in [5.41, 5.74) is 1.48. The van der Waals surface area contributed by atoms with Gasteiger partial charge >= 0.3 is 0 Å². The largest absolute Gasteiger partial charge is 0.493 e. The maximum Gasteiger partial charge on any atom is 0.254 e. The highest BCUT2D eigenvalue weighted by Crippen LogP contribution is 2.38. The van der Waals surface area contributed by atoms with Crippen molar-refractivity contribution in [2.75, 3.05) is 70.4 Å². The molecule has 0 saturated carbocycles. The number of benzene rings is 1. The summed E-state index contributed by atoms with van der Waals surface area (Å²) in [4.78, 5) is 29.0. The van der Waals surface area contributed by atoms with Gasteiger partial charge in [-0.1, -0.05) is 0 Å². The normalized spacial score (nSPS) is 16.3. The molecule has 2 saturated heterocycles. The Bertz CT molecular complexity index is 944. The molecule has 0 bridgehead atoms. The number of carbonyl (C=O) groups is 1. The highest BCUT2D eigenvalue weighted by molar-refractivity contribution is 5.95. The van der Waals surface area contributed by atoms with Gasteiger partial charge in [-0.25, -0.2) is 4.98 Å². The van der Waals surface area contributed by atoms with Crippen LogP contribution in [0.5, 0.6) is 17.2 Å². The Balaban J connectivity index is 1.47. The van der Waals surface area contributed by atoms with Crippen LogP contribution in [0, 0.1) is 6.92 Å². The van der Waals surface area contributed by atoms with Crippen LogP contribution in [0.3, 0.4) is 0 Å². The minimum absolute atomic E-state index is 0.0631. The molecule has 172 valence electrons. The van der Waals surface area contributed by atoms with Crippen molar-refractivity contribution < 1.29 is 19.0 Å². The van der Waals surface area contributed by atoms with E-state index in [4.69, 9.17) is 19.2 Å². The van der Waals surface area contributed by atoms with Gasteiger partial charge < -0.3 is 28.9 Å². The molecule has 0 N–H and O–H groups in total. The van der Waals surface area contributed by atoms with Crippen molar-refractivity contribution in [1.29, 1.82) is 0 Å². The number of hydrogen-bond acceptors (Lipinski definition) is 8. The lowest BCUT2D eigenvalue weighted by atomic mass is 10.1. The third-order valence-electron chi connectivity index (χ3n) is 6.02. The van der Waals surface area contributed by atoms with Gasteiger partial charge in [-0.15, -0.1) is 0 Å². The molecule has 1 amide bonds. The van der Waals surface area contributed by atoms with Crippen molar-refractivity contribution in [3.63, 3.8) is 0 Å². The van der Waals surface area contributed by atoms with Crippen LogP contribution in [0.1, 0.15) is 28.9 Å².